The van der Waals surface area contributed by atoms with Crippen LogP contribution in [0.25, 0.3) is 10.2 Å². The van der Waals surface area contributed by atoms with Gasteiger partial charge in [-0.2, -0.15) is 13.2 Å². The van der Waals surface area contributed by atoms with Gasteiger partial charge in [0.05, 0.1) is 32.9 Å². The van der Waals surface area contributed by atoms with E-state index in [9.17, 15) is 23.1 Å². The van der Waals surface area contributed by atoms with Gasteiger partial charge in [-0.15, -0.1) is 11.3 Å². The number of fused-ring (bicyclic) bond motifs is 1. The van der Waals surface area contributed by atoms with Gasteiger partial charge < -0.3 is 10.4 Å². The highest BCUT2D eigenvalue weighted by Crippen LogP contribution is 2.35. The lowest BCUT2D eigenvalue weighted by Gasteiger charge is -2.13. The second-order valence-corrected chi connectivity index (χ2v) is 9.08. The molecule has 0 bridgehead atoms. The molecule has 4 rings (SSSR count). The number of nitrogens with zero attached hydrogens (tertiary/aromatic N) is 2. The first-order chi connectivity index (χ1) is 15.8. The molecule has 0 unspecified atom stereocenters. The van der Waals surface area contributed by atoms with E-state index in [0.29, 0.717) is 15.6 Å². The highest BCUT2D eigenvalue weighted by Gasteiger charge is 2.33. The van der Waals surface area contributed by atoms with Crippen LogP contribution < -0.4 is 5.32 Å². The molecule has 3 aromatic carbocycles. The van der Waals surface area contributed by atoms with E-state index >= 15 is 0 Å². The fourth-order valence-corrected chi connectivity index (χ4v) is 4.83. The summed E-state index contributed by atoms with van der Waals surface area (Å²) in [5.74, 6) is -0.497. The van der Waals surface area contributed by atoms with E-state index in [4.69, 9.17) is 0 Å². The predicted molar refractivity (Wildman–Crippen MR) is 126 cm³/mol. The number of aliphatic imine (C=N–C) groups is 1. The van der Waals surface area contributed by atoms with E-state index in [1.165, 1.54) is 29.5 Å². The molecular weight excluding hydrogens is 471 g/mol. The average molecular weight is 488 g/mol. The number of thiazole rings is 1. The maximum absolute atomic E-state index is 13.1. The number of carbonyl (C=O) groups excluding carboxylic acids is 1. The molecule has 1 aromatic heterocycles. The number of para-hydroxylation sites is 2. The molecule has 168 valence electrons. The molecule has 0 saturated carbocycles. The number of halogens is 3. The average Bonchev–Trinajstić information content (AvgIpc) is 3.19. The number of aromatic hydroxyl groups is 1. The van der Waals surface area contributed by atoms with Crippen molar-refractivity contribution in [2.24, 2.45) is 4.99 Å². The molecule has 1 heterocycles. The van der Waals surface area contributed by atoms with Crippen molar-refractivity contribution in [2.45, 2.75) is 10.5 Å². The topological polar surface area (TPSA) is 74.6 Å². The number of thioether (sulfide) groups is 1. The third-order valence-electron chi connectivity index (χ3n) is 4.48. The van der Waals surface area contributed by atoms with E-state index < -0.39 is 17.6 Å². The van der Waals surface area contributed by atoms with Crippen molar-refractivity contribution in [3.8, 4) is 5.75 Å². The van der Waals surface area contributed by atoms with Crippen LogP contribution in [0.3, 0.4) is 0 Å². The monoisotopic (exact) mass is 487 g/mol. The first-order valence-electron chi connectivity index (χ1n) is 9.61. The Kier molecular flexibility index (Phi) is 6.66. The van der Waals surface area contributed by atoms with Crippen LogP contribution in [0, 0.1) is 0 Å². The van der Waals surface area contributed by atoms with Crippen molar-refractivity contribution >= 4 is 56.8 Å². The Hall–Kier alpha value is -3.37. The number of hydrogen-bond donors (Lipinski definition) is 2. The standard InChI is InChI=1S/C23H16F3N3O2S2/c24-23(25,26)16-6-2-3-7-17(16)28-21(31)13-32-22-29-18-10-9-15(11-20(18)33-22)27-12-14-5-1-4-8-19(14)30/h1-12,30H,13H2,(H,28,31). The fourth-order valence-electron chi connectivity index (χ4n) is 2.93. The summed E-state index contributed by atoms with van der Waals surface area (Å²) < 4.78 is 40.7. The molecule has 0 radical (unpaired) electrons. The molecule has 0 aliphatic heterocycles. The number of alkyl halides is 3. The second-order valence-electron chi connectivity index (χ2n) is 6.83. The first-order valence-corrected chi connectivity index (χ1v) is 11.4. The van der Waals surface area contributed by atoms with Crippen molar-refractivity contribution in [3.05, 3.63) is 77.9 Å². The van der Waals surface area contributed by atoms with Gasteiger partial charge >= 0.3 is 6.18 Å². The van der Waals surface area contributed by atoms with Crippen molar-refractivity contribution in [3.63, 3.8) is 0 Å². The van der Waals surface area contributed by atoms with Crippen LogP contribution in [0.5, 0.6) is 5.75 Å². The van der Waals surface area contributed by atoms with Crippen LogP contribution >= 0.6 is 23.1 Å². The van der Waals surface area contributed by atoms with Gasteiger partial charge in [0.15, 0.2) is 4.34 Å². The van der Waals surface area contributed by atoms with E-state index in [2.05, 4.69) is 15.3 Å². The highest BCUT2D eigenvalue weighted by molar-refractivity contribution is 8.01. The van der Waals surface area contributed by atoms with Crippen molar-refractivity contribution in [1.82, 2.24) is 4.98 Å². The highest BCUT2D eigenvalue weighted by atomic mass is 32.2. The lowest BCUT2D eigenvalue weighted by molar-refractivity contribution is -0.137. The van der Waals surface area contributed by atoms with Crippen LogP contribution in [0.2, 0.25) is 0 Å². The fraction of sp³-hybridized carbons (Fsp3) is 0.0870. The molecule has 4 aromatic rings. The minimum atomic E-state index is -4.55. The summed E-state index contributed by atoms with van der Waals surface area (Å²) in [4.78, 5) is 21.0. The van der Waals surface area contributed by atoms with Crippen molar-refractivity contribution in [1.29, 1.82) is 0 Å². The van der Waals surface area contributed by atoms with Crippen molar-refractivity contribution < 1.29 is 23.1 Å². The van der Waals surface area contributed by atoms with Crippen LogP contribution in [-0.2, 0) is 11.0 Å². The smallest absolute Gasteiger partial charge is 0.418 e. The summed E-state index contributed by atoms with van der Waals surface area (Å²) in [6.45, 7) is 0. The summed E-state index contributed by atoms with van der Waals surface area (Å²) in [7, 11) is 0. The van der Waals surface area contributed by atoms with Gasteiger partial charge in [0.1, 0.15) is 5.75 Å². The van der Waals surface area contributed by atoms with Gasteiger partial charge in [0.25, 0.3) is 0 Å². The van der Waals surface area contributed by atoms with E-state index in [1.54, 1.807) is 42.6 Å². The number of aromatic nitrogens is 1. The molecule has 0 fully saturated rings. The summed E-state index contributed by atoms with van der Waals surface area (Å²) in [5, 5.41) is 12.1. The zero-order valence-electron chi connectivity index (χ0n) is 16.8. The van der Waals surface area contributed by atoms with Gasteiger partial charge in [-0.3, -0.25) is 9.79 Å². The Morgan fingerprint density at radius 1 is 1.12 bits per heavy atom. The minimum absolute atomic E-state index is 0.0791. The molecule has 2 N–H and O–H groups in total. The number of rotatable bonds is 6. The maximum atomic E-state index is 13.1. The molecule has 0 aliphatic carbocycles. The SMILES string of the molecule is O=C(CSc1nc2ccc(N=Cc3ccccc3O)cc2s1)Nc1ccccc1C(F)(F)F. The zero-order valence-corrected chi connectivity index (χ0v) is 18.5. The largest absolute Gasteiger partial charge is 0.507 e. The molecule has 0 aliphatic rings. The second kappa shape index (κ2) is 9.63. The lowest BCUT2D eigenvalue weighted by atomic mass is 10.1. The van der Waals surface area contributed by atoms with Gasteiger partial charge in [0, 0.05) is 11.8 Å². The number of carbonyl (C=O) groups is 1. The Morgan fingerprint density at radius 2 is 1.88 bits per heavy atom. The number of nitrogens with one attached hydrogen (secondary N) is 1. The van der Waals surface area contributed by atoms with E-state index in [0.717, 1.165) is 28.0 Å². The minimum Gasteiger partial charge on any atom is -0.507 e. The molecule has 0 atom stereocenters. The normalized spacial score (nSPS) is 11.8. The molecule has 0 spiro atoms. The lowest BCUT2D eigenvalue weighted by Crippen LogP contribution is -2.18. The van der Waals surface area contributed by atoms with Crippen LogP contribution in [-0.4, -0.2) is 28.0 Å². The van der Waals surface area contributed by atoms with Gasteiger partial charge in [-0.1, -0.05) is 36.0 Å². The quantitative estimate of drug-likeness (QED) is 0.240. The molecule has 0 saturated heterocycles. The third-order valence-corrected chi connectivity index (χ3v) is 6.64. The van der Waals surface area contributed by atoms with Crippen molar-refractivity contribution in [2.75, 3.05) is 11.1 Å². The Bertz CT molecular complexity index is 1340. The number of hydrogen-bond acceptors (Lipinski definition) is 6. The molecule has 5 nitrogen and oxygen atoms in total. The summed E-state index contributed by atoms with van der Waals surface area (Å²) in [6.07, 6.45) is -2.99. The number of amides is 1. The summed E-state index contributed by atoms with van der Waals surface area (Å²) >= 11 is 2.51. The molecule has 33 heavy (non-hydrogen) atoms. The van der Waals surface area contributed by atoms with Crippen LogP contribution in [0.1, 0.15) is 11.1 Å². The van der Waals surface area contributed by atoms with Gasteiger partial charge in [-0.05, 0) is 42.5 Å². The van der Waals surface area contributed by atoms with Crippen LogP contribution in [0.4, 0.5) is 24.5 Å². The number of phenols is 1. The number of phenolic OH excluding ortho intramolecular Hbond substituents is 1. The molecule has 1 amide bonds. The predicted octanol–water partition coefficient (Wildman–Crippen LogP) is 6.50. The van der Waals surface area contributed by atoms with E-state index in [-0.39, 0.29) is 17.2 Å². The number of benzene rings is 3. The summed E-state index contributed by atoms with van der Waals surface area (Å²) in [5.41, 5.74) is 0.836. The Labute approximate surface area is 195 Å². The van der Waals surface area contributed by atoms with Crippen LogP contribution in [0.15, 0.2) is 76.1 Å². The first kappa shape index (κ1) is 22.8. The summed E-state index contributed by atoms with van der Waals surface area (Å²) in [6, 6.07) is 17.1. The zero-order chi connectivity index (χ0) is 23.4. The van der Waals surface area contributed by atoms with E-state index in [1.807, 2.05) is 6.07 Å². The molecular formula is C23H16F3N3O2S2. The van der Waals surface area contributed by atoms with Gasteiger partial charge in [0.2, 0.25) is 5.91 Å². The Balaban J connectivity index is 1.42. The molecule has 10 heteroatoms. The Morgan fingerprint density at radius 3 is 2.67 bits per heavy atom. The maximum Gasteiger partial charge on any atom is 0.418 e. The number of anilines is 1. The van der Waals surface area contributed by atoms with Gasteiger partial charge in [-0.25, -0.2) is 4.98 Å². The third kappa shape index (κ3) is 5.71.